The van der Waals surface area contributed by atoms with Crippen LogP contribution in [0, 0.1) is 5.82 Å². The quantitative estimate of drug-likeness (QED) is 0.822. The molecule has 0 aromatic carbocycles. The molecule has 0 saturated heterocycles. The van der Waals surface area contributed by atoms with Crippen LogP contribution in [0.2, 0.25) is 0 Å². The molecule has 2 rings (SSSR count). The van der Waals surface area contributed by atoms with Crippen molar-refractivity contribution in [3.63, 3.8) is 0 Å². The average Bonchev–Trinajstić information content (AvgIpc) is 2.62. The molecule has 14 heavy (non-hydrogen) atoms. The van der Waals surface area contributed by atoms with E-state index in [1.165, 1.54) is 17.8 Å². The molecule has 0 aliphatic carbocycles. The number of rotatable bonds is 2. The van der Waals surface area contributed by atoms with Crippen molar-refractivity contribution in [2.45, 2.75) is 9.24 Å². The monoisotopic (exact) mass is 289 g/mol. The number of thiophene rings is 1. The van der Waals surface area contributed by atoms with Gasteiger partial charge in [-0.3, -0.25) is 0 Å². The summed E-state index contributed by atoms with van der Waals surface area (Å²) in [6.45, 7) is 0. The zero-order valence-electron chi connectivity index (χ0n) is 6.91. The molecule has 0 saturated carbocycles. The van der Waals surface area contributed by atoms with Gasteiger partial charge in [-0.05, 0) is 33.4 Å². The molecule has 0 aliphatic heterocycles. The predicted molar refractivity (Wildman–Crippen MR) is 60.3 cm³/mol. The van der Waals surface area contributed by atoms with Crippen LogP contribution in [-0.2, 0) is 0 Å². The average molecular weight is 290 g/mol. The fraction of sp³-hybridized carbons (Fsp3) is 0. The zero-order chi connectivity index (χ0) is 9.97. The molecule has 2 aromatic heterocycles. The molecule has 2 heterocycles. The van der Waals surface area contributed by atoms with Crippen LogP contribution in [0.3, 0.4) is 0 Å². The van der Waals surface area contributed by atoms with Gasteiger partial charge in [0.1, 0.15) is 5.03 Å². The van der Waals surface area contributed by atoms with Crippen molar-refractivity contribution >= 4 is 39.0 Å². The first-order valence-corrected chi connectivity index (χ1v) is 6.27. The van der Waals surface area contributed by atoms with Crippen molar-refractivity contribution in [3.05, 3.63) is 40.1 Å². The minimum absolute atomic E-state index is 0.294. The normalized spacial score (nSPS) is 10.4. The van der Waals surface area contributed by atoms with Crippen LogP contribution in [0.1, 0.15) is 0 Å². The van der Waals surface area contributed by atoms with Gasteiger partial charge < -0.3 is 0 Å². The van der Waals surface area contributed by atoms with Crippen molar-refractivity contribution < 1.29 is 4.39 Å². The lowest BCUT2D eigenvalue weighted by Gasteiger charge is -1.99. The summed E-state index contributed by atoms with van der Waals surface area (Å²) in [6, 6.07) is 5.30. The molecular weight excluding hydrogens is 285 g/mol. The minimum atomic E-state index is -0.294. The Balaban J connectivity index is 2.25. The molecular formula is C9H5BrFNS2. The van der Waals surface area contributed by atoms with Gasteiger partial charge in [0.2, 0.25) is 0 Å². The molecule has 0 amide bonds. The summed E-state index contributed by atoms with van der Waals surface area (Å²) in [6.07, 6.45) is 1.60. The highest BCUT2D eigenvalue weighted by atomic mass is 79.9. The number of pyridine rings is 1. The molecule has 0 atom stereocenters. The second-order valence-corrected chi connectivity index (χ2v) is 5.63. The Bertz CT molecular complexity index is 430. The zero-order valence-corrected chi connectivity index (χ0v) is 10.1. The van der Waals surface area contributed by atoms with Gasteiger partial charge in [0.05, 0.1) is 4.21 Å². The number of aromatic nitrogens is 1. The van der Waals surface area contributed by atoms with Crippen molar-refractivity contribution in [1.82, 2.24) is 4.98 Å². The SMILES string of the molecule is Fc1cc(Br)cnc1Sc1cccs1. The van der Waals surface area contributed by atoms with E-state index in [2.05, 4.69) is 20.9 Å². The molecule has 72 valence electrons. The predicted octanol–water partition coefficient (Wildman–Crippen LogP) is 4.20. The Morgan fingerprint density at radius 3 is 3.00 bits per heavy atom. The van der Waals surface area contributed by atoms with Crippen LogP contribution in [0.15, 0.2) is 43.5 Å². The summed E-state index contributed by atoms with van der Waals surface area (Å²) >= 11 is 6.08. The van der Waals surface area contributed by atoms with Crippen LogP contribution in [0.4, 0.5) is 4.39 Å². The lowest BCUT2D eigenvalue weighted by molar-refractivity contribution is 0.587. The fourth-order valence-electron chi connectivity index (χ4n) is 0.894. The molecule has 0 aliphatic rings. The minimum Gasteiger partial charge on any atom is -0.245 e. The van der Waals surface area contributed by atoms with Gasteiger partial charge in [0, 0.05) is 10.7 Å². The van der Waals surface area contributed by atoms with Crippen molar-refractivity contribution in [3.8, 4) is 0 Å². The Labute approximate surface area is 97.5 Å². The smallest absolute Gasteiger partial charge is 0.156 e. The van der Waals surface area contributed by atoms with E-state index >= 15 is 0 Å². The highest BCUT2D eigenvalue weighted by Crippen LogP contribution is 2.31. The van der Waals surface area contributed by atoms with Gasteiger partial charge >= 0.3 is 0 Å². The number of hydrogen-bond donors (Lipinski definition) is 0. The molecule has 0 unspecified atom stereocenters. The first kappa shape index (κ1) is 10.1. The van der Waals surface area contributed by atoms with E-state index in [4.69, 9.17) is 0 Å². The van der Waals surface area contributed by atoms with Gasteiger partial charge in [-0.25, -0.2) is 9.37 Å². The second-order valence-electron chi connectivity index (χ2n) is 2.47. The molecule has 0 radical (unpaired) electrons. The number of halogens is 2. The van der Waals surface area contributed by atoms with Gasteiger partial charge in [-0.2, -0.15) is 0 Å². The number of hydrogen-bond acceptors (Lipinski definition) is 3. The maximum absolute atomic E-state index is 13.3. The lowest BCUT2D eigenvalue weighted by Crippen LogP contribution is -1.85. The van der Waals surface area contributed by atoms with Crippen LogP contribution in [0.5, 0.6) is 0 Å². The maximum atomic E-state index is 13.3. The number of nitrogens with zero attached hydrogens (tertiary/aromatic N) is 1. The van der Waals surface area contributed by atoms with Gasteiger partial charge in [0.15, 0.2) is 5.82 Å². The topological polar surface area (TPSA) is 12.9 Å². The van der Waals surface area contributed by atoms with Crippen LogP contribution in [-0.4, -0.2) is 4.98 Å². The largest absolute Gasteiger partial charge is 0.245 e. The van der Waals surface area contributed by atoms with Gasteiger partial charge in [-0.1, -0.05) is 17.8 Å². The first-order chi connectivity index (χ1) is 6.75. The van der Waals surface area contributed by atoms with E-state index in [1.54, 1.807) is 17.5 Å². The Kier molecular flexibility index (Phi) is 3.20. The second kappa shape index (κ2) is 4.42. The molecule has 0 fully saturated rings. The van der Waals surface area contributed by atoms with Crippen molar-refractivity contribution in [1.29, 1.82) is 0 Å². The van der Waals surface area contributed by atoms with Crippen LogP contribution >= 0.6 is 39.0 Å². The molecule has 1 nitrogen and oxygen atoms in total. The highest BCUT2D eigenvalue weighted by molar-refractivity contribution is 9.10. The summed E-state index contributed by atoms with van der Waals surface area (Å²) < 4.78 is 15.0. The maximum Gasteiger partial charge on any atom is 0.156 e. The Morgan fingerprint density at radius 2 is 2.36 bits per heavy atom. The molecule has 0 N–H and O–H groups in total. The third-order valence-corrected chi connectivity index (χ3v) is 3.93. The van der Waals surface area contributed by atoms with Crippen LogP contribution < -0.4 is 0 Å². The lowest BCUT2D eigenvalue weighted by atomic mass is 10.5. The summed E-state index contributed by atoms with van der Waals surface area (Å²) in [7, 11) is 0. The molecule has 2 aromatic rings. The van der Waals surface area contributed by atoms with Crippen LogP contribution in [0.25, 0.3) is 0 Å². The van der Waals surface area contributed by atoms with Crippen molar-refractivity contribution in [2.24, 2.45) is 0 Å². The van der Waals surface area contributed by atoms with Gasteiger partial charge in [-0.15, -0.1) is 11.3 Å². The van der Waals surface area contributed by atoms with Crippen molar-refractivity contribution in [2.75, 3.05) is 0 Å². The van der Waals surface area contributed by atoms with E-state index in [1.807, 2.05) is 17.5 Å². The van der Waals surface area contributed by atoms with E-state index in [-0.39, 0.29) is 5.82 Å². The summed E-state index contributed by atoms with van der Waals surface area (Å²) in [4.78, 5) is 4.00. The summed E-state index contributed by atoms with van der Waals surface area (Å²) in [5.74, 6) is -0.294. The van der Waals surface area contributed by atoms with E-state index in [9.17, 15) is 4.39 Å². The molecule has 0 bridgehead atoms. The molecule has 5 heteroatoms. The summed E-state index contributed by atoms with van der Waals surface area (Å²) in [5.41, 5.74) is 0. The first-order valence-electron chi connectivity index (χ1n) is 3.78. The Hall–Kier alpha value is -0.390. The highest BCUT2D eigenvalue weighted by Gasteiger charge is 2.06. The summed E-state index contributed by atoms with van der Waals surface area (Å²) in [5, 5.41) is 2.37. The van der Waals surface area contributed by atoms with Gasteiger partial charge in [0.25, 0.3) is 0 Å². The fourth-order valence-corrected chi connectivity index (χ4v) is 2.84. The third kappa shape index (κ3) is 2.34. The third-order valence-electron chi connectivity index (χ3n) is 1.47. The van der Waals surface area contributed by atoms with E-state index < -0.39 is 0 Å². The Morgan fingerprint density at radius 1 is 1.50 bits per heavy atom. The standard InChI is InChI=1S/C9H5BrFNS2/c10-6-4-7(11)9(12-5-6)14-8-2-1-3-13-8/h1-5H. The van der Waals surface area contributed by atoms with E-state index in [0.29, 0.717) is 9.50 Å². The molecule has 0 spiro atoms. The van der Waals surface area contributed by atoms with E-state index in [0.717, 1.165) is 4.21 Å².